The molecule has 6 nitrogen and oxygen atoms in total. The lowest BCUT2D eigenvalue weighted by Crippen LogP contribution is -2.42. The summed E-state index contributed by atoms with van der Waals surface area (Å²) in [4.78, 5) is 26.3. The molecule has 1 aliphatic rings. The summed E-state index contributed by atoms with van der Waals surface area (Å²) >= 11 is 0. The van der Waals surface area contributed by atoms with Crippen molar-refractivity contribution in [2.75, 3.05) is 13.6 Å². The largest absolute Gasteiger partial charge is 0.359 e. The third-order valence-corrected chi connectivity index (χ3v) is 4.13. The zero-order valence-corrected chi connectivity index (χ0v) is 13.3. The van der Waals surface area contributed by atoms with Gasteiger partial charge in [0.1, 0.15) is 0 Å². The number of hydrogen-bond acceptors (Lipinski definition) is 3. The molecule has 0 bridgehead atoms. The topological polar surface area (TPSA) is 67.2 Å². The number of benzene rings is 1. The summed E-state index contributed by atoms with van der Waals surface area (Å²) in [6.07, 6.45) is 2.02. The van der Waals surface area contributed by atoms with E-state index in [0.29, 0.717) is 25.1 Å². The van der Waals surface area contributed by atoms with E-state index in [0.717, 1.165) is 11.3 Å². The summed E-state index contributed by atoms with van der Waals surface area (Å²) in [6, 6.07) is 9.33. The van der Waals surface area contributed by atoms with Crippen molar-refractivity contribution in [1.82, 2.24) is 20.0 Å². The van der Waals surface area contributed by atoms with Crippen molar-refractivity contribution in [1.29, 1.82) is 0 Å². The average molecular weight is 312 g/mol. The van der Waals surface area contributed by atoms with E-state index in [1.807, 2.05) is 41.9 Å². The van der Waals surface area contributed by atoms with E-state index >= 15 is 0 Å². The van der Waals surface area contributed by atoms with Crippen molar-refractivity contribution in [3.05, 3.63) is 53.3 Å². The van der Waals surface area contributed by atoms with Crippen molar-refractivity contribution in [2.45, 2.75) is 25.9 Å². The monoisotopic (exact) mass is 312 g/mol. The minimum absolute atomic E-state index is 0.0111. The van der Waals surface area contributed by atoms with Gasteiger partial charge in [-0.1, -0.05) is 17.7 Å². The van der Waals surface area contributed by atoms with Crippen molar-refractivity contribution in [3.8, 4) is 0 Å². The van der Waals surface area contributed by atoms with Gasteiger partial charge >= 0.3 is 0 Å². The lowest BCUT2D eigenvalue weighted by molar-refractivity contribution is -0.121. The first-order chi connectivity index (χ1) is 11.1. The van der Waals surface area contributed by atoms with Gasteiger partial charge in [0.2, 0.25) is 5.91 Å². The van der Waals surface area contributed by atoms with Gasteiger partial charge in [0.15, 0.2) is 0 Å². The molecule has 1 aliphatic heterocycles. The van der Waals surface area contributed by atoms with Crippen LogP contribution in [0.25, 0.3) is 0 Å². The number of aromatic nitrogens is 2. The molecule has 1 unspecified atom stereocenters. The molecule has 0 fully saturated rings. The van der Waals surface area contributed by atoms with Crippen LogP contribution in [0.2, 0.25) is 0 Å². The molecule has 1 N–H and O–H groups in total. The van der Waals surface area contributed by atoms with Crippen molar-refractivity contribution in [3.63, 3.8) is 0 Å². The molecule has 3 rings (SSSR count). The molecule has 1 aromatic carbocycles. The molecule has 2 aromatic rings. The number of fused-ring (bicyclic) bond motifs is 1. The number of carbonyl (C=O) groups is 2. The molecule has 23 heavy (non-hydrogen) atoms. The number of nitrogens with zero attached hydrogens (tertiary/aromatic N) is 3. The fraction of sp³-hybridized carbons (Fsp3) is 0.353. The van der Waals surface area contributed by atoms with Crippen molar-refractivity contribution < 1.29 is 9.59 Å². The van der Waals surface area contributed by atoms with Crippen LogP contribution in [0.3, 0.4) is 0 Å². The van der Waals surface area contributed by atoms with E-state index in [-0.39, 0.29) is 17.9 Å². The van der Waals surface area contributed by atoms with E-state index in [1.165, 1.54) is 0 Å². The second-order valence-corrected chi connectivity index (χ2v) is 5.85. The van der Waals surface area contributed by atoms with E-state index in [4.69, 9.17) is 0 Å². The lowest BCUT2D eigenvalue weighted by atomic mass is 10.1. The molecule has 2 heterocycles. The Labute approximate surface area is 135 Å². The third kappa shape index (κ3) is 3.11. The highest BCUT2D eigenvalue weighted by Gasteiger charge is 2.30. The van der Waals surface area contributed by atoms with Gasteiger partial charge in [-0.15, -0.1) is 0 Å². The minimum atomic E-state index is -0.137. The number of carbonyl (C=O) groups excluding carboxylic acids is 2. The second kappa shape index (κ2) is 6.24. The molecule has 0 spiro atoms. The lowest BCUT2D eigenvalue weighted by Gasteiger charge is -2.33. The normalized spacial score (nSPS) is 16.8. The Morgan fingerprint density at radius 3 is 2.91 bits per heavy atom. The van der Waals surface area contributed by atoms with Crippen LogP contribution < -0.4 is 5.32 Å². The van der Waals surface area contributed by atoms with Crippen LogP contribution in [0.1, 0.15) is 34.1 Å². The van der Waals surface area contributed by atoms with Crippen LogP contribution in [0.15, 0.2) is 36.5 Å². The van der Waals surface area contributed by atoms with Gasteiger partial charge in [-0.2, -0.15) is 5.10 Å². The summed E-state index contributed by atoms with van der Waals surface area (Å²) in [7, 11) is 1.62. The maximum Gasteiger partial charge on any atom is 0.254 e. The molecule has 2 amide bonds. The Kier molecular flexibility index (Phi) is 4.14. The Morgan fingerprint density at radius 1 is 1.35 bits per heavy atom. The van der Waals surface area contributed by atoms with E-state index in [1.54, 1.807) is 18.1 Å². The molecular formula is C17H20N4O2. The first-order valence-corrected chi connectivity index (χ1v) is 7.67. The van der Waals surface area contributed by atoms with Crippen LogP contribution in [0.4, 0.5) is 0 Å². The molecule has 120 valence electrons. The van der Waals surface area contributed by atoms with Crippen LogP contribution in [0.5, 0.6) is 0 Å². The predicted molar refractivity (Wildman–Crippen MR) is 85.9 cm³/mol. The maximum atomic E-state index is 12.8. The van der Waals surface area contributed by atoms with Crippen molar-refractivity contribution in [2.24, 2.45) is 0 Å². The summed E-state index contributed by atoms with van der Waals surface area (Å²) in [5.74, 6) is -0.0654. The second-order valence-electron chi connectivity index (χ2n) is 5.85. The fourth-order valence-electron chi connectivity index (χ4n) is 2.97. The number of rotatable bonds is 3. The number of hydrogen-bond donors (Lipinski definition) is 1. The van der Waals surface area contributed by atoms with Gasteiger partial charge in [-0.05, 0) is 25.1 Å². The van der Waals surface area contributed by atoms with E-state index in [9.17, 15) is 9.59 Å². The molecule has 0 saturated heterocycles. The standard InChI is InChI=1S/C17H20N4O2/c1-12-4-3-5-13(8-12)17(23)20-10-14-6-7-19-21(14)15(11-20)9-16(22)18-2/h3-8,15H,9-11H2,1-2H3,(H,18,22). The first-order valence-electron chi connectivity index (χ1n) is 7.67. The Morgan fingerprint density at radius 2 is 2.17 bits per heavy atom. The quantitative estimate of drug-likeness (QED) is 0.934. The van der Waals surface area contributed by atoms with E-state index in [2.05, 4.69) is 10.4 Å². The summed E-state index contributed by atoms with van der Waals surface area (Å²) < 4.78 is 1.86. The zero-order chi connectivity index (χ0) is 16.4. The van der Waals surface area contributed by atoms with Gasteiger partial charge < -0.3 is 10.2 Å². The first kappa shape index (κ1) is 15.3. The molecule has 6 heteroatoms. The Balaban J connectivity index is 1.85. The summed E-state index contributed by atoms with van der Waals surface area (Å²) in [5, 5.41) is 6.94. The molecule has 0 radical (unpaired) electrons. The van der Waals surface area contributed by atoms with Gasteiger partial charge in [-0.25, -0.2) is 0 Å². The SMILES string of the molecule is CNC(=O)CC1CN(C(=O)c2cccc(C)c2)Cc2ccnn21. The predicted octanol–water partition coefficient (Wildman–Crippen LogP) is 1.52. The summed E-state index contributed by atoms with van der Waals surface area (Å²) in [5.41, 5.74) is 2.68. The number of amides is 2. The van der Waals surface area contributed by atoms with Gasteiger partial charge in [0.05, 0.1) is 24.7 Å². The van der Waals surface area contributed by atoms with E-state index < -0.39 is 0 Å². The molecule has 0 saturated carbocycles. The number of aryl methyl sites for hydroxylation is 1. The minimum Gasteiger partial charge on any atom is -0.359 e. The molecule has 1 aromatic heterocycles. The zero-order valence-electron chi connectivity index (χ0n) is 13.3. The number of nitrogens with one attached hydrogen (secondary N) is 1. The van der Waals surface area contributed by atoms with Crippen LogP contribution in [-0.4, -0.2) is 40.1 Å². The van der Waals surface area contributed by atoms with Crippen molar-refractivity contribution >= 4 is 11.8 Å². The smallest absolute Gasteiger partial charge is 0.254 e. The van der Waals surface area contributed by atoms with Gasteiger partial charge in [0, 0.05) is 25.4 Å². The Bertz CT molecular complexity index is 738. The van der Waals surface area contributed by atoms with Crippen LogP contribution in [0, 0.1) is 6.92 Å². The van der Waals surface area contributed by atoms with Gasteiger partial charge in [-0.3, -0.25) is 14.3 Å². The van der Waals surface area contributed by atoms with Crippen LogP contribution in [-0.2, 0) is 11.3 Å². The van der Waals surface area contributed by atoms with Crippen LogP contribution >= 0.6 is 0 Å². The highest BCUT2D eigenvalue weighted by atomic mass is 16.2. The summed E-state index contributed by atoms with van der Waals surface area (Å²) in [6.45, 7) is 2.96. The highest BCUT2D eigenvalue weighted by Crippen LogP contribution is 2.24. The fourth-order valence-corrected chi connectivity index (χ4v) is 2.97. The highest BCUT2D eigenvalue weighted by molar-refractivity contribution is 5.94. The average Bonchev–Trinajstić information content (AvgIpc) is 3.02. The Hall–Kier alpha value is -2.63. The van der Waals surface area contributed by atoms with Gasteiger partial charge in [0.25, 0.3) is 5.91 Å². The maximum absolute atomic E-state index is 12.8. The molecule has 0 aliphatic carbocycles. The third-order valence-electron chi connectivity index (χ3n) is 4.13. The molecular weight excluding hydrogens is 292 g/mol. The molecule has 1 atom stereocenters.